The fourth-order valence-corrected chi connectivity index (χ4v) is 1.96. The summed E-state index contributed by atoms with van der Waals surface area (Å²) in [6, 6.07) is 5.58. The lowest BCUT2D eigenvalue weighted by Gasteiger charge is -2.06. The first-order valence-electron chi connectivity index (χ1n) is 6.42. The fourth-order valence-electron chi connectivity index (χ4n) is 1.96. The van der Waals surface area contributed by atoms with Gasteiger partial charge in [0.15, 0.2) is 0 Å². The molecule has 0 saturated carbocycles. The van der Waals surface area contributed by atoms with E-state index in [-0.39, 0.29) is 0 Å². The molecule has 4 nitrogen and oxygen atoms in total. The zero-order valence-corrected chi connectivity index (χ0v) is 11.5. The van der Waals surface area contributed by atoms with Crippen molar-refractivity contribution in [2.75, 3.05) is 0 Å². The monoisotopic (exact) mass is 267 g/mol. The van der Waals surface area contributed by atoms with Crippen LogP contribution in [0.2, 0.25) is 0 Å². The summed E-state index contributed by atoms with van der Waals surface area (Å²) in [5.41, 5.74) is 8.87. The van der Waals surface area contributed by atoms with Gasteiger partial charge in [-0.25, -0.2) is 9.97 Å². The standard InChI is InChI=1S/C16H17N3O/c1-3-12-6-13(8-15(7-12)16(17)20)4-5-14-9-18-11(2)19-10-14/h3,6-10H,1,4-5H2,2H3,(H2,17,20). The van der Waals surface area contributed by atoms with Crippen LogP contribution in [-0.4, -0.2) is 15.9 Å². The molecule has 0 aliphatic rings. The molecule has 102 valence electrons. The summed E-state index contributed by atoms with van der Waals surface area (Å²) in [6.45, 7) is 5.59. The van der Waals surface area contributed by atoms with E-state index >= 15 is 0 Å². The van der Waals surface area contributed by atoms with Crippen LogP contribution in [0.25, 0.3) is 6.08 Å². The predicted octanol–water partition coefficient (Wildman–Crippen LogP) is 2.31. The van der Waals surface area contributed by atoms with E-state index in [9.17, 15) is 4.79 Å². The average molecular weight is 267 g/mol. The van der Waals surface area contributed by atoms with Gasteiger partial charge in [0.05, 0.1) is 0 Å². The van der Waals surface area contributed by atoms with Gasteiger partial charge in [0.25, 0.3) is 0 Å². The minimum atomic E-state index is -0.423. The van der Waals surface area contributed by atoms with Crippen LogP contribution in [0.3, 0.4) is 0 Å². The molecule has 1 amide bonds. The Morgan fingerprint density at radius 1 is 1.20 bits per heavy atom. The molecule has 0 aliphatic carbocycles. The summed E-state index contributed by atoms with van der Waals surface area (Å²) in [7, 11) is 0. The number of carbonyl (C=O) groups is 1. The number of aryl methyl sites for hydroxylation is 3. The summed E-state index contributed by atoms with van der Waals surface area (Å²) < 4.78 is 0. The smallest absolute Gasteiger partial charge is 0.248 e. The third-order valence-electron chi connectivity index (χ3n) is 3.07. The Balaban J connectivity index is 2.16. The second kappa shape index (κ2) is 6.10. The van der Waals surface area contributed by atoms with Gasteiger partial charge >= 0.3 is 0 Å². The van der Waals surface area contributed by atoms with Crippen molar-refractivity contribution in [3.8, 4) is 0 Å². The zero-order chi connectivity index (χ0) is 14.5. The number of hydrogen-bond donors (Lipinski definition) is 1. The van der Waals surface area contributed by atoms with Crippen molar-refractivity contribution in [1.29, 1.82) is 0 Å². The first kappa shape index (κ1) is 13.9. The maximum Gasteiger partial charge on any atom is 0.248 e. The van der Waals surface area contributed by atoms with Gasteiger partial charge in [-0.3, -0.25) is 4.79 Å². The number of nitrogens with zero attached hydrogens (tertiary/aromatic N) is 2. The van der Waals surface area contributed by atoms with Gasteiger partial charge in [-0.2, -0.15) is 0 Å². The quantitative estimate of drug-likeness (QED) is 0.903. The van der Waals surface area contributed by atoms with E-state index in [1.807, 2.05) is 31.5 Å². The van der Waals surface area contributed by atoms with Crippen molar-refractivity contribution < 1.29 is 4.79 Å². The van der Waals surface area contributed by atoms with Gasteiger partial charge in [-0.05, 0) is 48.6 Å². The van der Waals surface area contributed by atoms with Gasteiger partial charge in [0, 0.05) is 18.0 Å². The third kappa shape index (κ3) is 3.51. The molecule has 0 fully saturated rings. The summed E-state index contributed by atoms with van der Waals surface area (Å²) in [4.78, 5) is 19.6. The molecule has 0 spiro atoms. The molecule has 0 atom stereocenters. The number of benzene rings is 1. The van der Waals surface area contributed by atoms with Crippen molar-refractivity contribution in [3.63, 3.8) is 0 Å². The number of rotatable bonds is 5. The Hall–Kier alpha value is -2.49. The second-order valence-corrected chi connectivity index (χ2v) is 4.67. The van der Waals surface area contributed by atoms with Crippen LogP contribution in [0.15, 0.2) is 37.2 Å². The molecule has 0 bridgehead atoms. The summed E-state index contributed by atoms with van der Waals surface area (Å²) in [5, 5.41) is 0. The van der Waals surface area contributed by atoms with E-state index in [0.29, 0.717) is 5.56 Å². The summed E-state index contributed by atoms with van der Waals surface area (Å²) in [6.07, 6.45) is 6.99. The van der Waals surface area contributed by atoms with Crippen molar-refractivity contribution >= 4 is 12.0 Å². The van der Waals surface area contributed by atoms with Crippen molar-refractivity contribution in [2.45, 2.75) is 19.8 Å². The van der Waals surface area contributed by atoms with Gasteiger partial charge in [0.2, 0.25) is 5.91 Å². The molecule has 2 aromatic rings. The molecule has 0 unspecified atom stereocenters. The lowest BCUT2D eigenvalue weighted by atomic mass is 10.0. The van der Waals surface area contributed by atoms with Gasteiger partial charge in [0.1, 0.15) is 5.82 Å². The SMILES string of the molecule is C=Cc1cc(CCc2cnc(C)nc2)cc(C(N)=O)c1. The van der Waals surface area contributed by atoms with Crippen LogP contribution in [0, 0.1) is 6.92 Å². The molecule has 4 heteroatoms. The average Bonchev–Trinajstić information content (AvgIpc) is 2.46. The first-order chi connectivity index (χ1) is 9.58. The lowest BCUT2D eigenvalue weighted by Crippen LogP contribution is -2.11. The van der Waals surface area contributed by atoms with Crippen molar-refractivity contribution in [3.05, 3.63) is 65.2 Å². The largest absolute Gasteiger partial charge is 0.366 e. The molecular formula is C16H17N3O. The molecule has 1 heterocycles. The normalized spacial score (nSPS) is 10.2. The summed E-state index contributed by atoms with van der Waals surface area (Å²) in [5.74, 6) is 0.340. The molecule has 1 aromatic heterocycles. The fraction of sp³-hybridized carbons (Fsp3) is 0.188. The van der Waals surface area contributed by atoms with E-state index in [1.54, 1.807) is 12.1 Å². The maximum atomic E-state index is 11.3. The van der Waals surface area contributed by atoms with Crippen LogP contribution in [0.4, 0.5) is 0 Å². The van der Waals surface area contributed by atoms with E-state index in [2.05, 4.69) is 16.5 Å². The highest BCUT2D eigenvalue weighted by molar-refractivity contribution is 5.93. The van der Waals surface area contributed by atoms with E-state index in [4.69, 9.17) is 5.73 Å². The van der Waals surface area contributed by atoms with E-state index in [0.717, 1.165) is 35.4 Å². The lowest BCUT2D eigenvalue weighted by molar-refractivity contribution is 0.1000. The number of primary amides is 1. The van der Waals surface area contributed by atoms with Crippen molar-refractivity contribution in [1.82, 2.24) is 9.97 Å². The molecule has 0 saturated heterocycles. The highest BCUT2D eigenvalue weighted by Gasteiger charge is 2.05. The molecule has 2 N–H and O–H groups in total. The van der Waals surface area contributed by atoms with Crippen LogP contribution in [0.1, 0.15) is 32.9 Å². The van der Waals surface area contributed by atoms with Crippen LogP contribution in [0.5, 0.6) is 0 Å². The van der Waals surface area contributed by atoms with Crippen LogP contribution in [-0.2, 0) is 12.8 Å². The number of carbonyl (C=O) groups excluding carboxylic acids is 1. The van der Waals surface area contributed by atoms with Gasteiger partial charge in [-0.1, -0.05) is 18.7 Å². The number of aromatic nitrogens is 2. The number of amides is 1. The topological polar surface area (TPSA) is 68.9 Å². The van der Waals surface area contributed by atoms with Gasteiger partial charge in [-0.15, -0.1) is 0 Å². The first-order valence-corrected chi connectivity index (χ1v) is 6.42. The molecule has 2 rings (SSSR count). The van der Waals surface area contributed by atoms with E-state index < -0.39 is 5.91 Å². The highest BCUT2D eigenvalue weighted by Crippen LogP contribution is 2.14. The Morgan fingerprint density at radius 2 is 1.85 bits per heavy atom. The van der Waals surface area contributed by atoms with Crippen LogP contribution < -0.4 is 5.73 Å². The maximum absolute atomic E-state index is 11.3. The Bertz CT molecular complexity index is 633. The highest BCUT2D eigenvalue weighted by atomic mass is 16.1. The van der Waals surface area contributed by atoms with E-state index in [1.165, 1.54) is 0 Å². The number of nitrogens with two attached hydrogens (primary N) is 1. The van der Waals surface area contributed by atoms with Gasteiger partial charge < -0.3 is 5.73 Å². The Kier molecular flexibility index (Phi) is 4.25. The summed E-state index contributed by atoms with van der Waals surface area (Å²) >= 11 is 0. The van der Waals surface area contributed by atoms with Crippen molar-refractivity contribution in [2.24, 2.45) is 5.73 Å². The zero-order valence-electron chi connectivity index (χ0n) is 11.5. The third-order valence-corrected chi connectivity index (χ3v) is 3.07. The van der Waals surface area contributed by atoms with Crippen LogP contribution >= 0.6 is 0 Å². The minimum absolute atomic E-state index is 0.423. The Labute approximate surface area is 118 Å². The molecule has 0 radical (unpaired) electrons. The molecule has 20 heavy (non-hydrogen) atoms. The molecule has 0 aliphatic heterocycles. The predicted molar refractivity (Wildman–Crippen MR) is 79.2 cm³/mol. The Morgan fingerprint density at radius 3 is 2.45 bits per heavy atom. The number of hydrogen-bond acceptors (Lipinski definition) is 3. The minimum Gasteiger partial charge on any atom is -0.366 e. The molecular weight excluding hydrogens is 250 g/mol. The second-order valence-electron chi connectivity index (χ2n) is 4.67. The molecule has 1 aromatic carbocycles.